The van der Waals surface area contributed by atoms with Gasteiger partial charge in [-0.3, -0.25) is 4.72 Å². The van der Waals surface area contributed by atoms with E-state index in [2.05, 4.69) is 15.5 Å². The van der Waals surface area contributed by atoms with Gasteiger partial charge in [0, 0.05) is 17.0 Å². The van der Waals surface area contributed by atoms with E-state index in [1.807, 2.05) is 6.07 Å². The molecule has 0 unspecified atom stereocenters. The summed E-state index contributed by atoms with van der Waals surface area (Å²) in [5.41, 5.74) is 1.37. The third-order valence-electron chi connectivity index (χ3n) is 5.26. The molecular weight excluding hydrogens is 546 g/mol. The van der Waals surface area contributed by atoms with Gasteiger partial charge in [-0.1, -0.05) is 41.9 Å². The van der Waals surface area contributed by atoms with Gasteiger partial charge >= 0.3 is 0 Å². The smallest absolute Gasteiger partial charge is 0.243 e. The van der Waals surface area contributed by atoms with Crippen molar-refractivity contribution in [3.8, 4) is 11.8 Å². The molecule has 0 atom stereocenters. The van der Waals surface area contributed by atoms with Crippen molar-refractivity contribution in [3.05, 3.63) is 88.4 Å². The van der Waals surface area contributed by atoms with Crippen molar-refractivity contribution in [2.24, 2.45) is 0 Å². The Morgan fingerprint density at radius 1 is 0.947 bits per heavy atom. The Labute approximate surface area is 229 Å². The van der Waals surface area contributed by atoms with E-state index in [1.165, 1.54) is 18.2 Å². The summed E-state index contributed by atoms with van der Waals surface area (Å²) >= 11 is 6.15. The van der Waals surface area contributed by atoms with Gasteiger partial charge in [-0.05, 0) is 74.7 Å². The van der Waals surface area contributed by atoms with E-state index in [9.17, 15) is 16.8 Å². The highest BCUT2D eigenvalue weighted by atomic mass is 35.5. The summed E-state index contributed by atoms with van der Waals surface area (Å²) in [6.45, 7) is 5.41. The van der Waals surface area contributed by atoms with Crippen LogP contribution < -0.4 is 14.2 Å². The second-order valence-electron chi connectivity index (χ2n) is 9.69. The van der Waals surface area contributed by atoms with Crippen LogP contribution >= 0.6 is 11.6 Å². The maximum absolute atomic E-state index is 13.0. The highest BCUT2D eigenvalue weighted by molar-refractivity contribution is 7.93. The molecule has 3 rings (SSSR count). The Bertz CT molecular complexity index is 1540. The first-order chi connectivity index (χ1) is 17.8. The number of benzene rings is 3. The molecule has 0 aliphatic heterocycles. The van der Waals surface area contributed by atoms with Crippen LogP contribution in [0.1, 0.15) is 37.5 Å². The maximum Gasteiger partial charge on any atom is 0.243 e. The number of ether oxygens (including phenoxy) is 1. The van der Waals surface area contributed by atoms with Crippen LogP contribution in [0.4, 0.5) is 5.69 Å². The first-order valence-corrected chi connectivity index (χ1v) is 15.3. The van der Waals surface area contributed by atoms with Gasteiger partial charge in [-0.25, -0.2) is 21.6 Å². The van der Waals surface area contributed by atoms with Gasteiger partial charge in [-0.15, -0.1) is 0 Å². The molecule has 0 spiro atoms. The summed E-state index contributed by atoms with van der Waals surface area (Å²) < 4.78 is 62.5. The molecule has 0 aliphatic carbocycles. The molecule has 38 heavy (non-hydrogen) atoms. The number of halogens is 1. The van der Waals surface area contributed by atoms with Crippen LogP contribution in [0.2, 0.25) is 5.02 Å². The van der Waals surface area contributed by atoms with E-state index in [1.54, 1.807) is 63.2 Å². The first-order valence-electron chi connectivity index (χ1n) is 11.8. The van der Waals surface area contributed by atoms with Gasteiger partial charge in [0.2, 0.25) is 20.0 Å². The molecule has 0 amide bonds. The maximum atomic E-state index is 13.0. The number of hydrogen-bond acceptors (Lipinski definition) is 6. The fourth-order valence-corrected chi connectivity index (χ4v) is 6.56. The van der Waals surface area contributed by atoms with Crippen molar-refractivity contribution in [1.82, 2.24) is 4.72 Å². The minimum Gasteiger partial charge on any atom is -0.493 e. The van der Waals surface area contributed by atoms with Crippen LogP contribution in [-0.4, -0.2) is 34.7 Å². The summed E-state index contributed by atoms with van der Waals surface area (Å²) in [5, 5.41) is 9.51. The average Bonchev–Trinajstić information content (AvgIpc) is 2.82. The van der Waals surface area contributed by atoms with E-state index in [-0.39, 0.29) is 22.8 Å². The second-order valence-corrected chi connectivity index (χ2v) is 13.6. The van der Waals surface area contributed by atoms with Crippen LogP contribution in [-0.2, 0) is 32.9 Å². The van der Waals surface area contributed by atoms with Crippen molar-refractivity contribution in [3.63, 3.8) is 0 Å². The van der Waals surface area contributed by atoms with Crippen LogP contribution in [0.5, 0.6) is 5.75 Å². The zero-order chi connectivity index (χ0) is 28.0. The quantitative estimate of drug-likeness (QED) is 0.335. The van der Waals surface area contributed by atoms with Crippen LogP contribution in [0.15, 0.2) is 71.6 Å². The SMILES string of the molecule is CC(C)(C)NS(=O)(=O)c1ccccc1NS(=O)(=O)CCc1ccc(Cl)cc1OCCc1cccc(C#N)c1. The molecule has 0 fully saturated rings. The minimum atomic E-state index is -3.97. The molecule has 11 heteroatoms. The lowest BCUT2D eigenvalue weighted by Crippen LogP contribution is -2.40. The van der Waals surface area contributed by atoms with Crippen LogP contribution in [0.3, 0.4) is 0 Å². The molecule has 0 aromatic heterocycles. The zero-order valence-electron chi connectivity index (χ0n) is 21.4. The summed E-state index contributed by atoms with van der Waals surface area (Å²) in [5.74, 6) is 0.150. The van der Waals surface area contributed by atoms with E-state index in [4.69, 9.17) is 21.6 Å². The third kappa shape index (κ3) is 8.74. The van der Waals surface area contributed by atoms with E-state index in [0.29, 0.717) is 34.9 Å². The molecule has 0 radical (unpaired) electrons. The van der Waals surface area contributed by atoms with E-state index < -0.39 is 25.6 Å². The Kier molecular flexibility index (Phi) is 9.44. The van der Waals surface area contributed by atoms with Crippen molar-refractivity contribution >= 4 is 37.3 Å². The van der Waals surface area contributed by atoms with Gasteiger partial charge in [-0.2, -0.15) is 5.26 Å². The number of nitrogens with one attached hydrogen (secondary N) is 2. The molecule has 0 bridgehead atoms. The number of aryl methyl sites for hydroxylation is 1. The molecule has 0 saturated heterocycles. The number of anilines is 1. The van der Waals surface area contributed by atoms with E-state index in [0.717, 1.165) is 5.56 Å². The fourth-order valence-electron chi connectivity index (χ4n) is 3.65. The van der Waals surface area contributed by atoms with Crippen molar-refractivity contribution < 1.29 is 21.6 Å². The number of sulfonamides is 2. The number of para-hydroxylation sites is 1. The second kappa shape index (κ2) is 12.2. The molecular formula is C27H30ClN3O5S2. The predicted molar refractivity (Wildman–Crippen MR) is 149 cm³/mol. The minimum absolute atomic E-state index is 0.0311. The van der Waals surface area contributed by atoms with Gasteiger partial charge in [0.15, 0.2) is 0 Å². The molecule has 0 saturated carbocycles. The largest absolute Gasteiger partial charge is 0.493 e. The van der Waals surface area contributed by atoms with Crippen LogP contribution in [0.25, 0.3) is 0 Å². The highest BCUT2D eigenvalue weighted by Gasteiger charge is 2.26. The number of nitriles is 1. The monoisotopic (exact) mass is 575 g/mol. The normalized spacial score (nSPS) is 12.1. The third-order valence-corrected chi connectivity index (χ3v) is 8.58. The lowest BCUT2D eigenvalue weighted by molar-refractivity contribution is 0.319. The Balaban J connectivity index is 1.71. The van der Waals surface area contributed by atoms with Gasteiger partial charge < -0.3 is 4.74 Å². The molecule has 0 aliphatic rings. The van der Waals surface area contributed by atoms with Crippen molar-refractivity contribution in [1.29, 1.82) is 5.26 Å². The first kappa shape index (κ1) is 29.5. The predicted octanol–water partition coefficient (Wildman–Crippen LogP) is 4.89. The fraction of sp³-hybridized carbons (Fsp3) is 0.296. The standard InChI is InChI=1S/C27H30ClN3O5S2/c1-27(2,3)31-38(34,35)26-10-5-4-9-24(26)30-37(32,33)16-14-22-11-12-23(28)18-25(22)36-15-13-20-7-6-8-21(17-20)19-29/h4-12,17-18,30-31H,13-16H2,1-3H3. The van der Waals surface area contributed by atoms with Gasteiger partial charge in [0.1, 0.15) is 10.6 Å². The van der Waals surface area contributed by atoms with E-state index >= 15 is 0 Å². The molecule has 3 aromatic rings. The molecule has 202 valence electrons. The zero-order valence-corrected chi connectivity index (χ0v) is 23.8. The Morgan fingerprint density at radius 3 is 2.39 bits per heavy atom. The summed E-state index contributed by atoms with van der Waals surface area (Å²) in [6, 6.07) is 20.2. The molecule has 3 aromatic carbocycles. The number of nitrogens with zero attached hydrogens (tertiary/aromatic N) is 1. The van der Waals surface area contributed by atoms with Crippen LogP contribution in [0, 0.1) is 11.3 Å². The van der Waals surface area contributed by atoms with Crippen molar-refractivity contribution in [2.45, 2.75) is 44.0 Å². The highest BCUT2D eigenvalue weighted by Crippen LogP contribution is 2.26. The molecule has 0 heterocycles. The molecule has 8 nitrogen and oxygen atoms in total. The summed E-state index contributed by atoms with van der Waals surface area (Å²) in [6.07, 6.45) is 0.663. The Morgan fingerprint density at radius 2 is 1.68 bits per heavy atom. The Hall–Kier alpha value is -3.10. The van der Waals surface area contributed by atoms with Gasteiger partial charge in [0.05, 0.1) is 29.7 Å². The van der Waals surface area contributed by atoms with Gasteiger partial charge in [0.25, 0.3) is 0 Å². The summed E-state index contributed by atoms with van der Waals surface area (Å²) in [7, 11) is -7.89. The number of rotatable bonds is 11. The van der Waals surface area contributed by atoms with Crippen molar-refractivity contribution in [2.75, 3.05) is 17.1 Å². The topological polar surface area (TPSA) is 125 Å². The molecule has 2 N–H and O–H groups in total. The lowest BCUT2D eigenvalue weighted by atomic mass is 10.1. The average molecular weight is 576 g/mol. The number of hydrogen-bond donors (Lipinski definition) is 2. The lowest BCUT2D eigenvalue weighted by Gasteiger charge is -2.21. The summed E-state index contributed by atoms with van der Waals surface area (Å²) in [4.78, 5) is -0.158.